The van der Waals surface area contributed by atoms with Crippen molar-refractivity contribution in [2.75, 3.05) is 0 Å². The van der Waals surface area contributed by atoms with Gasteiger partial charge in [-0.05, 0) is 35.9 Å². The van der Waals surface area contributed by atoms with Gasteiger partial charge in [-0.3, -0.25) is 9.78 Å². The molecule has 0 radical (unpaired) electrons. The molecule has 7 heteroatoms. The number of benzene rings is 1. The van der Waals surface area contributed by atoms with E-state index < -0.39 is 18.3 Å². The van der Waals surface area contributed by atoms with E-state index in [9.17, 15) is 22.4 Å². The van der Waals surface area contributed by atoms with E-state index in [4.69, 9.17) is 0 Å². The van der Waals surface area contributed by atoms with E-state index in [0.29, 0.717) is 11.1 Å². The van der Waals surface area contributed by atoms with Gasteiger partial charge in [-0.15, -0.1) is 0 Å². The molecule has 0 aliphatic carbocycles. The second-order valence-electron chi connectivity index (χ2n) is 4.48. The summed E-state index contributed by atoms with van der Waals surface area (Å²) in [4.78, 5) is 15.6. The van der Waals surface area contributed by atoms with E-state index in [2.05, 4.69) is 9.72 Å². The Morgan fingerprint density at radius 3 is 2.65 bits per heavy atom. The molecule has 23 heavy (non-hydrogen) atoms. The van der Waals surface area contributed by atoms with E-state index >= 15 is 0 Å². The maximum atomic E-state index is 12.8. The van der Waals surface area contributed by atoms with Crippen LogP contribution < -0.4 is 4.74 Å². The number of allylic oxidation sites excluding steroid dienone is 1. The number of ketones is 1. The Morgan fingerprint density at radius 1 is 1.22 bits per heavy atom. The molecule has 2 aromatic rings. The molecule has 0 aliphatic rings. The number of halogens is 4. The summed E-state index contributed by atoms with van der Waals surface area (Å²) in [5.41, 5.74) is 0.713. The van der Waals surface area contributed by atoms with Gasteiger partial charge < -0.3 is 4.74 Å². The first kappa shape index (κ1) is 16.7. The highest BCUT2D eigenvalue weighted by atomic mass is 19.3. The van der Waals surface area contributed by atoms with Gasteiger partial charge in [0.2, 0.25) is 0 Å². The van der Waals surface area contributed by atoms with E-state index in [1.807, 2.05) is 0 Å². The van der Waals surface area contributed by atoms with Crippen molar-refractivity contribution in [3.05, 3.63) is 66.0 Å². The number of carbonyl (C=O) groups excluding carboxylic acids is 1. The highest BCUT2D eigenvalue weighted by molar-refractivity contribution is 6.06. The molecule has 3 nitrogen and oxygen atoms in total. The number of hydrogen-bond acceptors (Lipinski definition) is 3. The third-order valence-corrected chi connectivity index (χ3v) is 2.74. The second-order valence-corrected chi connectivity index (χ2v) is 4.48. The molecule has 0 aliphatic heterocycles. The van der Waals surface area contributed by atoms with Crippen molar-refractivity contribution in [2.45, 2.75) is 12.5 Å². The largest absolute Gasteiger partial charge is 0.461 e. The van der Waals surface area contributed by atoms with Crippen molar-refractivity contribution >= 4 is 11.9 Å². The molecule has 0 N–H and O–H groups in total. The van der Waals surface area contributed by atoms with Crippen LogP contribution in [0.5, 0.6) is 5.75 Å². The van der Waals surface area contributed by atoms with Gasteiger partial charge in [-0.2, -0.15) is 17.6 Å². The van der Waals surface area contributed by atoms with Crippen molar-refractivity contribution in [3.8, 4) is 5.75 Å². The van der Waals surface area contributed by atoms with Crippen LogP contribution in [0.1, 0.15) is 15.9 Å². The highest BCUT2D eigenvalue weighted by Crippen LogP contribution is 2.28. The molecule has 2 rings (SSSR count). The molecule has 0 saturated heterocycles. The van der Waals surface area contributed by atoms with Crippen LogP contribution >= 0.6 is 0 Å². The molecule has 0 fully saturated rings. The molecule has 0 saturated carbocycles. The zero-order valence-electron chi connectivity index (χ0n) is 11.6. The topological polar surface area (TPSA) is 39.2 Å². The highest BCUT2D eigenvalue weighted by Gasteiger charge is 2.43. The molecule has 0 bridgehead atoms. The van der Waals surface area contributed by atoms with Crippen LogP contribution in [0, 0.1) is 0 Å². The number of nitrogens with zero attached hydrogens (tertiary/aromatic N) is 1. The Bertz CT molecular complexity index is 702. The van der Waals surface area contributed by atoms with Crippen LogP contribution in [0.3, 0.4) is 0 Å². The molecule has 0 amide bonds. The Morgan fingerprint density at radius 2 is 2.00 bits per heavy atom. The second kappa shape index (κ2) is 7.04. The number of hydrogen-bond donors (Lipinski definition) is 0. The summed E-state index contributed by atoms with van der Waals surface area (Å²) in [6.07, 6.45) is -3.02. The normalized spacial score (nSPS) is 11.9. The molecule has 1 aromatic carbocycles. The third-order valence-electron chi connectivity index (χ3n) is 2.74. The summed E-state index contributed by atoms with van der Waals surface area (Å²) in [5.74, 6) is -0.756. The predicted octanol–water partition coefficient (Wildman–Crippen LogP) is 4.21. The standard InChI is InChI=1S/C16H11F4NO2/c17-15(18)16(19,20)23-13-5-1-3-11(9-13)6-7-14(22)12-4-2-8-21-10-12/h1-10,15H/b7-6+. The number of pyridine rings is 1. The van der Waals surface area contributed by atoms with Crippen LogP contribution in [0.4, 0.5) is 17.6 Å². The number of aromatic nitrogens is 1. The van der Waals surface area contributed by atoms with Crippen LogP contribution in [0.15, 0.2) is 54.9 Å². The number of carbonyl (C=O) groups is 1. The minimum atomic E-state index is -4.58. The average molecular weight is 325 g/mol. The average Bonchev–Trinajstić information content (AvgIpc) is 2.53. The van der Waals surface area contributed by atoms with E-state index in [0.717, 1.165) is 12.1 Å². The lowest BCUT2D eigenvalue weighted by molar-refractivity contribution is -0.253. The fourth-order valence-corrected chi connectivity index (χ4v) is 1.66. The third kappa shape index (κ3) is 4.64. The smallest absolute Gasteiger partial charge is 0.428 e. The lowest BCUT2D eigenvalue weighted by atomic mass is 10.1. The van der Waals surface area contributed by atoms with Gasteiger partial charge in [0.1, 0.15) is 5.75 Å². The van der Waals surface area contributed by atoms with Gasteiger partial charge in [0.15, 0.2) is 5.78 Å². The Hall–Kier alpha value is -2.70. The van der Waals surface area contributed by atoms with E-state index in [1.165, 1.54) is 36.7 Å². The summed E-state index contributed by atoms with van der Waals surface area (Å²) in [6, 6.07) is 8.29. The Balaban J connectivity index is 2.11. The molecule has 1 aromatic heterocycles. The van der Waals surface area contributed by atoms with Crippen molar-refractivity contribution in [2.24, 2.45) is 0 Å². The van der Waals surface area contributed by atoms with Gasteiger partial charge in [-0.1, -0.05) is 18.2 Å². The van der Waals surface area contributed by atoms with Crippen molar-refractivity contribution < 1.29 is 27.1 Å². The molecule has 0 unspecified atom stereocenters. The quantitative estimate of drug-likeness (QED) is 0.454. The fourth-order valence-electron chi connectivity index (χ4n) is 1.66. The molecular formula is C16H11F4NO2. The number of rotatable bonds is 6. The van der Waals surface area contributed by atoms with Gasteiger partial charge in [0, 0.05) is 18.0 Å². The fraction of sp³-hybridized carbons (Fsp3) is 0.125. The van der Waals surface area contributed by atoms with Gasteiger partial charge >= 0.3 is 12.5 Å². The summed E-state index contributed by atoms with van der Waals surface area (Å²) in [7, 11) is 0. The van der Waals surface area contributed by atoms with Gasteiger partial charge in [0.25, 0.3) is 0 Å². The summed E-state index contributed by atoms with van der Waals surface area (Å²) in [6.45, 7) is 0. The first-order valence-electron chi connectivity index (χ1n) is 6.46. The summed E-state index contributed by atoms with van der Waals surface area (Å²) in [5, 5.41) is 0. The molecule has 120 valence electrons. The first-order chi connectivity index (χ1) is 10.9. The Kier molecular flexibility index (Phi) is 5.10. The van der Waals surface area contributed by atoms with Gasteiger partial charge in [0.05, 0.1) is 0 Å². The molecule has 0 atom stereocenters. The lowest BCUT2D eigenvalue weighted by Crippen LogP contribution is -2.33. The minimum absolute atomic E-state index is 0.331. The predicted molar refractivity (Wildman–Crippen MR) is 75.6 cm³/mol. The van der Waals surface area contributed by atoms with Gasteiger partial charge in [-0.25, -0.2) is 0 Å². The molecule has 1 heterocycles. The van der Waals surface area contributed by atoms with Crippen LogP contribution in [-0.4, -0.2) is 23.3 Å². The number of alkyl halides is 4. The van der Waals surface area contributed by atoms with Crippen LogP contribution in [-0.2, 0) is 0 Å². The lowest BCUT2D eigenvalue weighted by Gasteiger charge is -2.16. The van der Waals surface area contributed by atoms with Crippen molar-refractivity contribution in [1.82, 2.24) is 4.98 Å². The minimum Gasteiger partial charge on any atom is -0.428 e. The first-order valence-corrected chi connectivity index (χ1v) is 6.46. The van der Waals surface area contributed by atoms with Crippen molar-refractivity contribution in [1.29, 1.82) is 0 Å². The Labute approximate surface area is 129 Å². The van der Waals surface area contributed by atoms with E-state index in [-0.39, 0.29) is 5.78 Å². The van der Waals surface area contributed by atoms with Crippen LogP contribution in [0.25, 0.3) is 6.08 Å². The zero-order chi connectivity index (χ0) is 16.9. The van der Waals surface area contributed by atoms with Crippen molar-refractivity contribution in [3.63, 3.8) is 0 Å². The summed E-state index contributed by atoms with van der Waals surface area (Å²) < 4.78 is 53.9. The SMILES string of the molecule is O=C(/C=C/c1cccc(OC(F)(F)C(F)F)c1)c1cccnc1. The van der Waals surface area contributed by atoms with E-state index in [1.54, 1.807) is 12.1 Å². The van der Waals surface area contributed by atoms with Crippen LogP contribution in [0.2, 0.25) is 0 Å². The summed E-state index contributed by atoms with van der Waals surface area (Å²) >= 11 is 0. The molecular weight excluding hydrogens is 314 g/mol. The zero-order valence-corrected chi connectivity index (χ0v) is 11.6. The maximum absolute atomic E-state index is 12.8. The molecule has 0 spiro atoms. The maximum Gasteiger partial charge on any atom is 0.461 e. The monoisotopic (exact) mass is 325 g/mol. The number of ether oxygens (including phenoxy) is 1.